The first-order valence-electron chi connectivity index (χ1n) is 34.9. The molecule has 0 rings (SSSR count). The first-order valence-corrected chi connectivity index (χ1v) is 36.4. The highest BCUT2D eigenvalue weighted by atomic mass is 31.2. The van der Waals surface area contributed by atoms with Gasteiger partial charge in [-0.3, -0.25) is 14.2 Å². The van der Waals surface area contributed by atoms with E-state index in [1.807, 2.05) is 21.1 Å². The van der Waals surface area contributed by atoms with Gasteiger partial charge >= 0.3 is 11.9 Å². The van der Waals surface area contributed by atoms with E-state index >= 15 is 0 Å². The van der Waals surface area contributed by atoms with Gasteiger partial charge in [-0.15, -0.1) is 0 Å². The predicted molar refractivity (Wildman–Crippen MR) is 360 cm³/mol. The number of carbonyl (C=O) groups excluding carboxylic acids is 2. The van der Waals surface area contributed by atoms with Crippen LogP contribution in [0.2, 0.25) is 0 Å². The number of likely N-dealkylation sites (N-methyl/N-ethyl adjacent to an activating group) is 1. The van der Waals surface area contributed by atoms with Crippen LogP contribution in [-0.4, -0.2) is 70.0 Å². The Morgan fingerprint density at radius 2 is 0.679 bits per heavy atom. The van der Waals surface area contributed by atoms with Gasteiger partial charge in [0.25, 0.3) is 7.82 Å². The quantitative estimate of drug-likeness (QED) is 0.0195. The van der Waals surface area contributed by atoms with Gasteiger partial charge in [0.2, 0.25) is 0 Å². The fraction of sp³-hybridized carbons (Fsp3) is 0.757. The molecule has 0 aromatic rings. The molecule has 0 N–H and O–H groups in total. The number of hydrogen-bond donors (Lipinski definition) is 0. The molecule has 0 bridgehead atoms. The lowest BCUT2D eigenvalue weighted by Crippen LogP contribution is -2.37. The Kier molecular flexibility index (Phi) is 62.1. The van der Waals surface area contributed by atoms with Crippen molar-refractivity contribution >= 4 is 19.8 Å². The lowest BCUT2D eigenvalue weighted by Gasteiger charge is -2.28. The molecule has 10 heteroatoms. The molecular weight excluding hydrogens is 1060 g/mol. The van der Waals surface area contributed by atoms with E-state index in [4.69, 9.17) is 18.5 Å². The van der Waals surface area contributed by atoms with Gasteiger partial charge in [0.1, 0.15) is 19.8 Å². The molecule has 0 amide bonds. The van der Waals surface area contributed by atoms with Gasteiger partial charge in [0.15, 0.2) is 6.10 Å². The molecule has 0 radical (unpaired) electrons. The topological polar surface area (TPSA) is 111 Å². The zero-order valence-electron chi connectivity index (χ0n) is 55.3. The number of phosphoric acid groups is 1. The van der Waals surface area contributed by atoms with Crippen molar-refractivity contribution < 1.29 is 42.1 Å². The molecule has 0 aromatic carbocycles. The first-order chi connectivity index (χ1) is 41.0. The van der Waals surface area contributed by atoms with E-state index in [-0.39, 0.29) is 32.0 Å². The summed E-state index contributed by atoms with van der Waals surface area (Å²) in [4.78, 5) is 38.1. The van der Waals surface area contributed by atoms with E-state index < -0.39 is 26.5 Å². The fourth-order valence-corrected chi connectivity index (χ4v) is 10.5. The summed E-state index contributed by atoms with van der Waals surface area (Å²) in [7, 11) is 1.17. The molecule has 0 aliphatic rings. The van der Waals surface area contributed by atoms with E-state index in [2.05, 4.69) is 111 Å². The van der Waals surface area contributed by atoms with E-state index in [0.29, 0.717) is 17.4 Å². The molecular formula is C74H132NO8P. The Morgan fingerprint density at radius 3 is 1.01 bits per heavy atom. The average Bonchev–Trinajstić information content (AvgIpc) is 3.61. The van der Waals surface area contributed by atoms with Gasteiger partial charge in [-0.1, -0.05) is 297 Å². The monoisotopic (exact) mass is 1190 g/mol. The number of phosphoric ester groups is 1. The largest absolute Gasteiger partial charge is 0.756 e. The smallest absolute Gasteiger partial charge is 0.306 e. The lowest BCUT2D eigenvalue weighted by molar-refractivity contribution is -0.870. The van der Waals surface area contributed by atoms with Crippen molar-refractivity contribution in [2.75, 3.05) is 47.5 Å². The van der Waals surface area contributed by atoms with Crippen LogP contribution in [0.25, 0.3) is 0 Å². The van der Waals surface area contributed by atoms with Crippen molar-refractivity contribution in [3.8, 4) is 0 Å². The maximum atomic E-state index is 12.9. The lowest BCUT2D eigenvalue weighted by atomic mass is 10.0. The van der Waals surface area contributed by atoms with Gasteiger partial charge in [-0.25, -0.2) is 0 Å². The first kappa shape index (κ1) is 80.9. The van der Waals surface area contributed by atoms with Crippen molar-refractivity contribution in [2.24, 2.45) is 0 Å². The fourth-order valence-electron chi connectivity index (χ4n) is 9.75. The second kappa shape index (κ2) is 64.4. The van der Waals surface area contributed by atoms with Crippen LogP contribution in [0.1, 0.15) is 309 Å². The number of rotatable bonds is 64. The van der Waals surface area contributed by atoms with Gasteiger partial charge < -0.3 is 27.9 Å². The third kappa shape index (κ3) is 68.0. The molecule has 2 atom stereocenters. The number of carbonyl (C=O) groups is 2. The van der Waals surface area contributed by atoms with Crippen molar-refractivity contribution in [2.45, 2.75) is 315 Å². The van der Waals surface area contributed by atoms with Crippen LogP contribution in [0.5, 0.6) is 0 Å². The number of allylic oxidation sites excluding steroid dienone is 16. The number of hydrogen-bond acceptors (Lipinski definition) is 8. The summed E-state index contributed by atoms with van der Waals surface area (Å²) in [6, 6.07) is 0. The summed E-state index contributed by atoms with van der Waals surface area (Å²) in [5, 5.41) is 0. The minimum Gasteiger partial charge on any atom is -0.756 e. The second-order valence-electron chi connectivity index (χ2n) is 24.5. The van der Waals surface area contributed by atoms with Crippen molar-refractivity contribution in [1.82, 2.24) is 0 Å². The number of esters is 2. The molecule has 0 aliphatic carbocycles. The zero-order chi connectivity index (χ0) is 61.2. The Hall–Kier alpha value is -3.07. The van der Waals surface area contributed by atoms with Gasteiger partial charge in [0, 0.05) is 12.8 Å². The third-order valence-electron chi connectivity index (χ3n) is 15.1. The molecule has 0 saturated heterocycles. The summed E-state index contributed by atoms with van der Waals surface area (Å²) in [5.41, 5.74) is 0. The third-order valence-corrected chi connectivity index (χ3v) is 16.1. The number of quaternary nitrogens is 1. The highest BCUT2D eigenvalue weighted by molar-refractivity contribution is 7.45. The highest BCUT2D eigenvalue weighted by Crippen LogP contribution is 2.38. The second-order valence-corrected chi connectivity index (χ2v) is 25.9. The number of ether oxygens (including phenoxy) is 2. The number of nitrogens with zero attached hydrogens (tertiary/aromatic N) is 1. The predicted octanol–water partition coefficient (Wildman–Crippen LogP) is 22.1. The molecule has 0 heterocycles. The molecule has 0 aromatic heterocycles. The van der Waals surface area contributed by atoms with Crippen molar-refractivity contribution in [3.63, 3.8) is 0 Å². The Labute approximate surface area is 519 Å². The minimum atomic E-state index is -4.64. The summed E-state index contributed by atoms with van der Waals surface area (Å²) in [6.07, 6.45) is 89.1. The van der Waals surface area contributed by atoms with Crippen molar-refractivity contribution in [3.05, 3.63) is 97.2 Å². The maximum Gasteiger partial charge on any atom is 0.306 e. The van der Waals surface area contributed by atoms with Crippen LogP contribution >= 0.6 is 7.82 Å². The maximum absolute atomic E-state index is 12.9. The highest BCUT2D eigenvalue weighted by Gasteiger charge is 2.22. The SMILES string of the molecule is CC/C=C\C/C=C\C/C=C\C/C=C\C/C=C\C/C=C\CCCCCCCCCCCCCCCCCCC(=O)OC(COC(=O)CCCCCCCCCCCCCCC/C=C\C/C=C\CCCCCCC)COP(=O)([O-])OCC[N+](C)(C)C. The molecule has 0 fully saturated rings. The molecule has 0 saturated carbocycles. The molecule has 2 unspecified atom stereocenters. The van der Waals surface area contributed by atoms with E-state index in [9.17, 15) is 19.0 Å². The molecule has 0 spiro atoms. The summed E-state index contributed by atoms with van der Waals surface area (Å²) in [5.74, 6) is -0.826. The Morgan fingerprint density at radius 1 is 0.381 bits per heavy atom. The van der Waals surface area contributed by atoms with E-state index in [1.165, 1.54) is 193 Å². The van der Waals surface area contributed by atoms with Gasteiger partial charge in [0.05, 0.1) is 27.7 Å². The Balaban J connectivity index is 4.04. The van der Waals surface area contributed by atoms with Crippen LogP contribution in [0.15, 0.2) is 97.2 Å². The summed E-state index contributed by atoms with van der Waals surface area (Å²) >= 11 is 0. The van der Waals surface area contributed by atoms with Crippen LogP contribution in [0.3, 0.4) is 0 Å². The van der Waals surface area contributed by atoms with Crippen LogP contribution in [0.4, 0.5) is 0 Å². The molecule has 9 nitrogen and oxygen atoms in total. The van der Waals surface area contributed by atoms with E-state index in [1.54, 1.807) is 0 Å². The minimum absolute atomic E-state index is 0.0327. The summed E-state index contributed by atoms with van der Waals surface area (Å²) < 4.78 is 34.3. The standard InChI is InChI=1S/C74H132NO8P/c1-6-8-10-12-14-16-18-20-22-24-26-28-30-32-33-34-35-36-37-38-39-40-41-43-45-47-49-51-53-55-57-59-61-63-65-67-74(77)83-72(71-82-84(78,79)81-69-68-75(3,4)5)70-80-73(76)66-64-62-60-58-56-54-52-50-48-46-44-42-31-29-27-25-23-21-19-17-15-13-11-9-7-2/h8,10,14,16,19-22,25-28,32-33,35-36,72H,6-7,9,11-13,15,17-18,23-24,29-31,34,37-71H2,1-5H3/b10-8-,16-14-,21-19-,22-20-,27-25-,28-26-,33-32-,36-35-. The molecule has 486 valence electrons. The van der Waals surface area contributed by atoms with Crippen molar-refractivity contribution in [1.29, 1.82) is 0 Å². The molecule has 0 aliphatic heterocycles. The van der Waals surface area contributed by atoms with Crippen LogP contribution in [-0.2, 0) is 32.7 Å². The van der Waals surface area contributed by atoms with Crippen LogP contribution in [0, 0.1) is 0 Å². The van der Waals surface area contributed by atoms with Gasteiger partial charge in [-0.05, 0) is 96.3 Å². The van der Waals surface area contributed by atoms with E-state index in [0.717, 1.165) is 83.5 Å². The normalized spacial score (nSPS) is 13.7. The van der Waals surface area contributed by atoms with Gasteiger partial charge in [-0.2, -0.15) is 0 Å². The molecule has 84 heavy (non-hydrogen) atoms. The Bertz CT molecular complexity index is 1740. The zero-order valence-corrected chi connectivity index (χ0v) is 56.2. The van der Waals surface area contributed by atoms with Crippen LogP contribution < -0.4 is 4.89 Å². The summed E-state index contributed by atoms with van der Waals surface area (Å²) in [6.45, 7) is 4.15. The average molecular weight is 1190 g/mol. The number of unbranched alkanes of at least 4 members (excludes halogenated alkanes) is 34.